The number of carbonyl (C=O) groups excluding carboxylic acids is 1. The molecule has 4 heteroatoms. The maximum Gasteiger partial charge on any atom is 0.339 e. The van der Waals surface area contributed by atoms with Crippen LogP contribution in [-0.2, 0) is 14.3 Å². The van der Waals surface area contributed by atoms with E-state index < -0.39 is 12.1 Å². The van der Waals surface area contributed by atoms with Gasteiger partial charge in [-0.25, -0.2) is 4.79 Å². The third kappa shape index (κ3) is 2.33. The highest BCUT2D eigenvalue weighted by atomic mass is 79.9. The Morgan fingerprint density at radius 3 is 2.50 bits per heavy atom. The van der Waals surface area contributed by atoms with Gasteiger partial charge in [0.15, 0.2) is 6.10 Å². The number of ether oxygens (including phenoxy) is 2. The highest BCUT2D eigenvalue weighted by Gasteiger charge is 2.22. The minimum absolute atomic E-state index is 0.403. The molecule has 0 saturated carbocycles. The van der Waals surface area contributed by atoms with E-state index in [4.69, 9.17) is 4.74 Å². The zero-order valence-corrected chi connectivity index (χ0v) is 9.58. The molecule has 0 saturated heterocycles. The van der Waals surface area contributed by atoms with Crippen LogP contribution in [0.1, 0.15) is 11.7 Å². The smallest absolute Gasteiger partial charge is 0.339 e. The van der Waals surface area contributed by atoms with Crippen molar-refractivity contribution in [1.29, 1.82) is 0 Å². The van der Waals surface area contributed by atoms with Gasteiger partial charge < -0.3 is 9.47 Å². The number of methoxy groups -OCH3 is 2. The van der Waals surface area contributed by atoms with E-state index in [1.54, 1.807) is 0 Å². The van der Waals surface area contributed by atoms with Crippen LogP contribution >= 0.6 is 15.9 Å². The summed E-state index contributed by atoms with van der Waals surface area (Å²) in [6.45, 7) is 0. The molecule has 3 nitrogen and oxygen atoms in total. The summed E-state index contributed by atoms with van der Waals surface area (Å²) in [5.74, 6) is -0.403. The van der Waals surface area contributed by atoms with Crippen molar-refractivity contribution in [2.24, 2.45) is 0 Å². The van der Waals surface area contributed by atoms with Crippen LogP contribution in [0, 0.1) is 0 Å². The zero-order chi connectivity index (χ0) is 10.6. The average molecular weight is 259 g/mol. The minimum atomic E-state index is -0.671. The molecule has 0 aliphatic rings. The van der Waals surface area contributed by atoms with Crippen LogP contribution < -0.4 is 0 Å². The molecule has 0 fully saturated rings. The molecular formula is C10H11BrO3. The number of halogens is 1. The summed E-state index contributed by atoms with van der Waals surface area (Å²) in [7, 11) is 2.81. The first-order valence-corrected chi connectivity index (χ1v) is 4.85. The Kier molecular flexibility index (Phi) is 4.10. The summed E-state index contributed by atoms with van der Waals surface area (Å²) in [5, 5.41) is 0. The van der Waals surface area contributed by atoms with Gasteiger partial charge in [-0.15, -0.1) is 0 Å². The number of rotatable bonds is 3. The fourth-order valence-electron chi connectivity index (χ4n) is 1.14. The van der Waals surface area contributed by atoms with E-state index in [0.717, 1.165) is 10.0 Å². The van der Waals surface area contributed by atoms with Gasteiger partial charge >= 0.3 is 5.97 Å². The Labute approximate surface area is 91.1 Å². The van der Waals surface area contributed by atoms with Gasteiger partial charge in [-0.3, -0.25) is 0 Å². The maximum atomic E-state index is 11.3. The monoisotopic (exact) mass is 258 g/mol. The normalized spacial score (nSPS) is 12.2. The minimum Gasteiger partial charge on any atom is -0.467 e. The highest BCUT2D eigenvalue weighted by molar-refractivity contribution is 9.10. The average Bonchev–Trinajstić information content (AvgIpc) is 2.21. The predicted octanol–water partition coefficient (Wildman–Crippen LogP) is 2.31. The SMILES string of the molecule is COC(=O)C(OC)c1ccccc1Br. The molecule has 0 aromatic heterocycles. The third-order valence-corrected chi connectivity index (χ3v) is 2.56. The fourth-order valence-corrected chi connectivity index (χ4v) is 1.64. The van der Waals surface area contributed by atoms with E-state index in [2.05, 4.69) is 20.7 Å². The summed E-state index contributed by atoms with van der Waals surface area (Å²) >= 11 is 3.35. The second-order valence-corrected chi connectivity index (χ2v) is 3.51. The molecule has 1 aromatic carbocycles. The van der Waals surface area contributed by atoms with Gasteiger partial charge in [0.2, 0.25) is 0 Å². The van der Waals surface area contributed by atoms with Crippen LogP contribution in [0.2, 0.25) is 0 Å². The first kappa shape index (κ1) is 11.2. The van der Waals surface area contributed by atoms with Crippen molar-refractivity contribution >= 4 is 21.9 Å². The summed E-state index contributed by atoms with van der Waals surface area (Å²) in [6, 6.07) is 7.38. The van der Waals surface area contributed by atoms with Crippen molar-refractivity contribution in [3.05, 3.63) is 34.3 Å². The van der Waals surface area contributed by atoms with Crippen molar-refractivity contribution in [3.63, 3.8) is 0 Å². The molecule has 0 aliphatic carbocycles. The number of hydrogen-bond acceptors (Lipinski definition) is 3. The molecule has 0 N–H and O–H groups in total. The van der Waals surface area contributed by atoms with Gasteiger partial charge in [-0.05, 0) is 6.07 Å². The molecule has 0 bridgehead atoms. The molecule has 76 valence electrons. The van der Waals surface area contributed by atoms with Crippen LogP contribution in [0.4, 0.5) is 0 Å². The third-order valence-electron chi connectivity index (χ3n) is 1.84. The van der Waals surface area contributed by atoms with Crippen molar-refractivity contribution in [2.45, 2.75) is 6.10 Å². The zero-order valence-electron chi connectivity index (χ0n) is 7.99. The van der Waals surface area contributed by atoms with Crippen LogP contribution in [0.15, 0.2) is 28.7 Å². The van der Waals surface area contributed by atoms with Gasteiger partial charge in [-0.2, -0.15) is 0 Å². The van der Waals surface area contributed by atoms with E-state index in [-0.39, 0.29) is 0 Å². The van der Waals surface area contributed by atoms with Crippen LogP contribution in [0.3, 0.4) is 0 Å². The Balaban J connectivity index is 3.01. The lowest BCUT2D eigenvalue weighted by atomic mass is 10.1. The predicted molar refractivity (Wildman–Crippen MR) is 55.9 cm³/mol. The Hall–Kier alpha value is -0.870. The molecule has 1 aromatic rings. The number of benzene rings is 1. The first-order valence-electron chi connectivity index (χ1n) is 4.05. The summed E-state index contributed by atoms with van der Waals surface area (Å²) in [6.07, 6.45) is -0.671. The quantitative estimate of drug-likeness (QED) is 0.781. The lowest BCUT2D eigenvalue weighted by Gasteiger charge is -2.14. The lowest BCUT2D eigenvalue weighted by Crippen LogP contribution is -2.16. The number of esters is 1. The number of hydrogen-bond donors (Lipinski definition) is 0. The van der Waals surface area contributed by atoms with Crippen LogP contribution in [0.5, 0.6) is 0 Å². The molecular weight excluding hydrogens is 248 g/mol. The van der Waals surface area contributed by atoms with Crippen molar-refractivity contribution in [2.75, 3.05) is 14.2 Å². The van der Waals surface area contributed by atoms with Gasteiger partial charge in [0.25, 0.3) is 0 Å². The topological polar surface area (TPSA) is 35.5 Å². The van der Waals surface area contributed by atoms with E-state index >= 15 is 0 Å². The maximum absolute atomic E-state index is 11.3. The molecule has 0 spiro atoms. The molecule has 1 rings (SSSR count). The lowest BCUT2D eigenvalue weighted by molar-refractivity contribution is -0.152. The van der Waals surface area contributed by atoms with Crippen molar-refractivity contribution in [1.82, 2.24) is 0 Å². The number of carbonyl (C=O) groups is 1. The second kappa shape index (κ2) is 5.12. The Bertz CT molecular complexity index is 325. The van der Waals surface area contributed by atoms with Crippen molar-refractivity contribution in [3.8, 4) is 0 Å². The fraction of sp³-hybridized carbons (Fsp3) is 0.300. The van der Waals surface area contributed by atoms with Gasteiger partial charge in [0, 0.05) is 17.1 Å². The van der Waals surface area contributed by atoms with Gasteiger partial charge in [0.05, 0.1) is 7.11 Å². The van der Waals surface area contributed by atoms with Gasteiger partial charge in [-0.1, -0.05) is 34.1 Å². The summed E-state index contributed by atoms with van der Waals surface area (Å²) < 4.78 is 10.5. The molecule has 0 heterocycles. The van der Waals surface area contributed by atoms with Crippen molar-refractivity contribution < 1.29 is 14.3 Å². The largest absolute Gasteiger partial charge is 0.467 e. The van der Waals surface area contributed by atoms with E-state index in [0.29, 0.717) is 0 Å². The second-order valence-electron chi connectivity index (χ2n) is 2.66. The van der Waals surface area contributed by atoms with Crippen LogP contribution in [-0.4, -0.2) is 20.2 Å². The summed E-state index contributed by atoms with van der Waals surface area (Å²) in [5.41, 5.74) is 0.766. The molecule has 1 unspecified atom stereocenters. The molecule has 14 heavy (non-hydrogen) atoms. The molecule has 0 radical (unpaired) electrons. The summed E-state index contributed by atoms with van der Waals surface area (Å²) in [4.78, 5) is 11.3. The highest BCUT2D eigenvalue weighted by Crippen LogP contribution is 2.26. The van der Waals surface area contributed by atoms with E-state index in [9.17, 15) is 4.79 Å². The Morgan fingerprint density at radius 1 is 1.36 bits per heavy atom. The molecule has 0 aliphatic heterocycles. The molecule has 1 atom stereocenters. The molecule has 0 amide bonds. The first-order chi connectivity index (χ1) is 6.70. The van der Waals surface area contributed by atoms with E-state index in [1.165, 1.54) is 14.2 Å². The van der Waals surface area contributed by atoms with Crippen LogP contribution in [0.25, 0.3) is 0 Å². The van der Waals surface area contributed by atoms with E-state index in [1.807, 2.05) is 24.3 Å². The standard InChI is InChI=1S/C10H11BrO3/c1-13-9(10(12)14-2)7-5-3-4-6-8(7)11/h3-6,9H,1-2H3. The Morgan fingerprint density at radius 2 is 2.00 bits per heavy atom. The van der Waals surface area contributed by atoms with Gasteiger partial charge in [0.1, 0.15) is 0 Å².